The maximum Gasteiger partial charge on any atom is 0.254 e. The zero-order chi connectivity index (χ0) is 14.1. The minimum atomic E-state index is -0.593. The second-order valence-electron chi connectivity index (χ2n) is 3.84. The van der Waals surface area contributed by atoms with Crippen molar-refractivity contribution in [3.05, 3.63) is 29.6 Å². The van der Waals surface area contributed by atoms with Crippen LogP contribution in [0.15, 0.2) is 18.2 Å². The van der Waals surface area contributed by atoms with Crippen LogP contribution in [0, 0.1) is 5.82 Å². The lowest BCUT2D eigenvalue weighted by Gasteiger charge is -2.08. The Hall–Kier alpha value is -1.37. The average molecular weight is 307 g/mol. The molecule has 0 fully saturated rings. The van der Waals surface area contributed by atoms with E-state index in [-0.39, 0.29) is 18.0 Å². The van der Waals surface area contributed by atoms with Gasteiger partial charge in [0.25, 0.3) is 5.91 Å². The molecule has 0 aliphatic carbocycles. The zero-order valence-corrected chi connectivity index (χ0v) is 12.4. The van der Waals surface area contributed by atoms with Gasteiger partial charge in [0, 0.05) is 32.8 Å². The van der Waals surface area contributed by atoms with Gasteiger partial charge in [-0.2, -0.15) is 0 Å². The predicted molar refractivity (Wildman–Crippen MR) is 77.3 cm³/mol. The van der Waals surface area contributed by atoms with Crippen LogP contribution in [0.1, 0.15) is 10.4 Å². The summed E-state index contributed by atoms with van der Waals surface area (Å²) in [5, 5.41) is 5.70. The van der Waals surface area contributed by atoms with Crippen molar-refractivity contribution in [1.82, 2.24) is 10.6 Å². The van der Waals surface area contributed by atoms with Crippen LogP contribution in [0.25, 0.3) is 0 Å². The molecule has 20 heavy (non-hydrogen) atoms. The molecule has 0 atom stereocenters. The van der Waals surface area contributed by atoms with Crippen molar-refractivity contribution in [3.8, 4) is 5.75 Å². The van der Waals surface area contributed by atoms with Gasteiger partial charge in [0.2, 0.25) is 0 Å². The van der Waals surface area contributed by atoms with E-state index >= 15 is 0 Å². The largest absolute Gasteiger partial charge is 0.497 e. The topological polar surface area (TPSA) is 59.6 Å². The molecule has 2 N–H and O–H groups in total. The van der Waals surface area contributed by atoms with Crippen molar-refractivity contribution in [1.29, 1.82) is 0 Å². The summed E-state index contributed by atoms with van der Waals surface area (Å²) in [6, 6.07) is 4.14. The molecule has 0 saturated heterocycles. The highest BCUT2D eigenvalue weighted by atomic mass is 35.5. The van der Waals surface area contributed by atoms with E-state index < -0.39 is 11.7 Å². The summed E-state index contributed by atoms with van der Waals surface area (Å²) in [5.41, 5.74) is 0.0118. The Kier molecular flexibility index (Phi) is 9.71. The van der Waals surface area contributed by atoms with E-state index in [1.54, 1.807) is 13.2 Å². The number of rotatable bonds is 8. The lowest BCUT2D eigenvalue weighted by atomic mass is 10.2. The molecule has 0 unspecified atom stereocenters. The van der Waals surface area contributed by atoms with Crippen LogP contribution in [0.5, 0.6) is 5.75 Å². The third kappa shape index (κ3) is 6.18. The number of carbonyl (C=O) groups is 1. The Labute approximate surface area is 124 Å². The molecule has 7 heteroatoms. The van der Waals surface area contributed by atoms with Crippen LogP contribution >= 0.6 is 12.4 Å². The summed E-state index contributed by atoms with van der Waals surface area (Å²) < 4.78 is 23.3. The minimum absolute atomic E-state index is 0. The van der Waals surface area contributed by atoms with Gasteiger partial charge in [-0.1, -0.05) is 0 Å². The summed E-state index contributed by atoms with van der Waals surface area (Å²) in [7, 11) is 3.07. The Morgan fingerprint density at radius 2 is 2.00 bits per heavy atom. The zero-order valence-electron chi connectivity index (χ0n) is 11.6. The van der Waals surface area contributed by atoms with Crippen molar-refractivity contribution in [2.75, 3.05) is 40.5 Å². The Balaban J connectivity index is 0.00000361. The Morgan fingerprint density at radius 3 is 2.60 bits per heavy atom. The van der Waals surface area contributed by atoms with Gasteiger partial charge >= 0.3 is 0 Å². The van der Waals surface area contributed by atoms with Gasteiger partial charge in [0.15, 0.2) is 0 Å². The van der Waals surface area contributed by atoms with E-state index in [1.807, 2.05) is 0 Å². The average Bonchev–Trinajstić information content (AvgIpc) is 2.42. The lowest BCUT2D eigenvalue weighted by molar-refractivity contribution is 0.0949. The molecule has 1 amide bonds. The molecule has 0 aromatic heterocycles. The van der Waals surface area contributed by atoms with Crippen LogP contribution in [-0.2, 0) is 4.74 Å². The SMILES string of the molecule is COCCNCCNC(=O)c1ccc(OC)cc1F.Cl. The summed E-state index contributed by atoms with van der Waals surface area (Å²) in [4.78, 5) is 11.7. The molecule has 114 valence electrons. The number of amides is 1. The summed E-state index contributed by atoms with van der Waals surface area (Å²) in [6.45, 7) is 2.35. The Bertz CT molecular complexity index is 419. The fourth-order valence-corrected chi connectivity index (χ4v) is 1.47. The first-order valence-electron chi connectivity index (χ1n) is 6.00. The molecule has 1 aromatic rings. The van der Waals surface area contributed by atoms with Crippen molar-refractivity contribution in [3.63, 3.8) is 0 Å². The molecule has 0 saturated carbocycles. The second kappa shape index (κ2) is 10.4. The molecule has 1 aromatic carbocycles. The molecule has 0 radical (unpaired) electrons. The number of carbonyl (C=O) groups excluding carboxylic acids is 1. The van der Waals surface area contributed by atoms with E-state index in [0.717, 1.165) is 0 Å². The van der Waals surface area contributed by atoms with Gasteiger partial charge < -0.3 is 20.1 Å². The van der Waals surface area contributed by atoms with Crippen molar-refractivity contribution in [2.24, 2.45) is 0 Å². The summed E-state index contributed by atoms with van der Waals surface area (Å²) in [6.07, 6.45) is 0. The van der Waals surface area contributed by atoms with Crippen molar-refractivity contribution in [2.45, 2.75) is 0 Å². The van der Waals surface area contributed by atoms with E-state index in [4.69, 9.17) is 9.47 Å². The fraction of sp³-hybridized carbons (Fsp3) is 0.462. The predicted octanol–water partition coefficient (Wildman–Crippen LogP) is 1.22. The Morgan fingerprint density at radius 1 is 1.25 bits per heavy atom. The summed E-state index contributed by atoms with van der Waals surface area (Å²) in [5.74, 6) is -0.645. The molecule has 5 nitrogen and oxygen atoms in total. The van der Waals surface area contributed by atoms with Crippen LogP contribution in [0.2, 0.25) is 0 Å². The standard InChI is InChI=1S/C13H19FN2O3.ClH/c1-18-8-7-15-5-6-16-13(17)11-4-3-10(19-2)9-12(11)14;/h3-4,9,15H,5-8H2,1-2H3,(H,16,17);1H. The smallest absolute Gasteiger partial charge is 0.254 e. The molecule has 1 rings (SSSR count). The lowest BCUT2D eigenvalue weighted by Crippen LogP contribution is -2.33. The number of hydrogen-bond donors (Lipinski definition) is 2. The van der Waals surface area contributed by atoms with E-state index in [9.17, 15) is 9.18 Å². The van der Waals surface area contributed by atoms with E-state index in [2.05, 4.69) is 10.6 Å². The van der Waals surface area contributed by atoms with Gasteiger partial charge in [0.05, 0.1) is 19.3 Å². The highest BCUT2D eigenvalue weighted by molar-refractivity contribution is 5.94. The van der Waals surface area contributed by atoms with Gasteiger partial charge in [-0.3, -0.25) is 4.79 Å². The number of benzene rings is 1. The van der Waals surface area contributed by atoms with E-state index in [1.165, 1.54) is 19.2 Å². The normalized spacial score (nSPS) is 9.75. The molecule has 0 spiro atoms. The first kappa shape index (κ1) is 18.6. The third-order valence-corrected chi connectivity index (χ3v) is 2.49. The molecule has 0 aliphatic rings. The highest BCUT2D eigenvalue weighted by Crippen LogP contribution is 2.15. The minimum Gasteiger partial charge on any atom is -0.497 e. The molecule has 0 aliphatic heterocycles. The maximum absolute atomic E-state index is 13.6. The van der Waals surface area contributed by atoms with Gasteiger partial charge in [0.1, 0.15) is 11.6 Å². The molecule has 0 heterocycles. The molecular weight excluding hydrogens is 287 g/mol. The van der Waals surface area contributed by atoms with Crippen LogP contribution in [-0.4, -0.2) is 46.4 Å². The molecule has 0 bridgehead atoms. The number of hydrogen-bond acceptors (Lipinski definition) is 4. The third-order valence-electron chi connectivity index (χ3n) is 2.49. The fourth-order valence-electron chi connectivity index (χ4n) is 1.47. The van der Waals surface area contributed by atoms with Crippen LogP contribution < -0.4 is 15.4 Å². The number of halogens is 2. The van der Waals surface area contributed by atoms with Gasteiger partial charge in [-0.05, 0) is 12.1 Å². The van der Waals surface area contributed by atoms with Crippen molar-refractivity contribution >= 4 is 18.3 Å². The van der Waals surface area contributed by atoms with Crippen LogP contribution in [0.4, 0.5) is 4.39 Å². The van der Waals surface area contributed by atoms with Gasteiger partial charge in [-0.25, -0.2) is 4.39 Å². The second-order valence-corrected chi connectivity index (χ2v) is 3.84. The quantitative estimate of drug-likeness (QED) is 0.709. The monoisotopic (exact) mass is 306 g/mol. The molecular formula is C13H20ClFN2O3. The number of ether oxygens (including phenoxy) is 2. The first-order chi connectivity index (χ1) is 9.19. The number of nitrogens with one attached hydrogen (secondary N) is 2. The van der Waals surface area contributed by atoms with Crippen molar-refractivity contribution < 1.29 is 18.7 Å². The van der Waals surface area contributed by atoms with Gasteiger partial charge in [-0.15, -0.1) is 12.4 Å². The van der Waals surface area contributed by atoms with Crippen LogP contribution in [0.3, 0.4) is 0 Å². The maximum atomic E-state index is 13.6. The highest BCUT2D eigenvalue weighted by Gasteiger charge is 2.11. The summed E-state index contributed by atoms with van der Waals surface area (Å²) >= 11 is 0. The number of methoxy groups -OCH3 is 2. The van der Waals surface area contributed by atoms with E-state index in [0.29, 0.717) is 32.0 Å². The first-order valence-corrected chi connectivity index (χ1v) is 6.00.